The summed E-state index contributed by atoms with van der Waals surface area (Å²) in [6.07, 6.45) is 1.50. The zero-order valence-corrected chi connectivity index (χ0v) is 13.7. The molecule has 0 amide bonds. The third-order valence-electron chi connectivity index (χ3n) is 3.51. The van der Waals surface area contributed by atoms with Crippen LogP contribution in [0.25, 0.3) is 0 Å². The van der Waals surface area contributed by atoms with Crippen molar-refractivity contribution < 1.29 is 14.6 Å². The molecule has 1 atom stereocenters. The minimum atomic E-state index is -0.793. The quantitative estimate of drug-likeness (QED) is 0.809. The highest BCUT2D eigenvalue weighted by Gasteiger charge is 2.20. The molecule has 2 N–H and O–H groups in total. The lowest BCUT2D eigenvalue weighted by Gasteiger charge is -2.21. The largest absolute Gasteiger partial charge is 0.496 e. The van der Waals surface area contributed by atoms with Crippen LogP contribution in [0.15, 0.2) is 18.2 Å². The molecule has 0 spiro atoms. The van der Waals surface area contributed by atoms with E-state index in [9.17, 15) is 9.90 Å². The average molecular weight is 293 g/mol. The van der Waals surface area contributed by atoms with Crippen molar-refractivity contribution in [1.29, 1.82) is 0 Å². The van der Waals surface area contributed by atoms with Gasteiger partial charge in [0, 0.05) is 6.54 Å². The fourth-order valence-corrected chi connectivity index (χ4v) is 2.11. The number of nitrogens with one attached hydrogen (secondary N) is 1. The number of hydrogen-bond donors (Lipinski definition) is 2. The Hall–Kier alpha value is -1.55. The molecule has 0 radical (unpaired) electrons. The lowest BCUT2D eigenvalue weighted by atomic mass is 9.88. The highest BCUT2D eigenvalue weighted by atomic mass is 16.5. The number of rotatable bonds is 7. The predicted molar refractivity (Wildman–Crippen MR) is 84.7 cm³/mol. The van der Waals surface area contributed by atoms with E-state index in [0.717, 1.165) is 23.3 Å². The molecule has 118 valence electrons. The zero-order valence-electron chi connectivity index (χ0n) is 13.7. The highest BCUT2D eigenvalue weighted by molar-refractivity contribution is 5.73. The molecule has 0 saturated heterocycles. The summed E-state index contributed by atoms with van der Waals surface area (Å²) in [5.41, 5.74) is 2.24. The van der Waals surface area contributed by atoms with Crippen molar-refractivity contribution in [3.05, 3.63) is 29.3 Å². The number of hydrogen-bond acceptors (Lipinski definition) is 3. The van der Waals surface area contributed by atoms with Crippen molar-refractivity contribution in [1.82, 2.24) is 5.32 Å². The SMILES string of the molecule is COc1cc(CNC(CCC(C)(C)C)C(=O)O)ccc1C. The molecular weight excluding hydrogens is 266 g/mol. The highest BCUT2D eigenvalue weighted by Crippen LogP contribution is 2.22. The number of benzene rings is 1. The molecule has 0 aromatic heterocycles. The monoisotopic (exact) mass is 293 g/mol. The standard InChI is InChI=1S/C17H27NO3/c1-12-6-7-13(10-15(12)21-5)11-18-14(16(19)20)8-9-17(2,3)4/h6-7,10,14,18H,8-9,11H2,1-5H3,(H,19,20). The smallest absolute Gasteiger partial charge is 0.320 e. The molecule has 0 aliphatic heterocycles. The van der Waals surface area contributed by atoms with E-state index in [1.807, 2.05) is 25.1 Å². The maximum absolute atomic E-state index is 11.3. The van der Waals surface area contributed by atoms with Crippen LogP contribution in [0.4, 0.5) is 0 Å². The van der Waals surface area contributed by atoms with Crippen LogP contribution in [0.1, 0.15) is 44.7 Å². The Balaban J connectivity index is 2.63. The van der Waals surface area contributed by atoms with Gasteiger partial charge in [-0.1, -0.05) is 32.9 Å². The predicted octanol–water partition coefficient (Wildman–Crippen LogP) is 3.37. The third-order valence-corrected chi connectivity index (χ3v) is 3.51. The van der Waals surface area contributed by atoms with Crippen molar-refractivity contribution >= 4 is 5.97 Å². The van der Waals surface area contributed by atoms with Crippen LogP contribution in [-0.2, 0) is 11.3 Å². The summed E-state index contributed by atoms with van der Waals surface area (Å²) in [5, 5.41) is 12.4. The first-order valence-corrected chi connectivity index (χ1v) is 7.32. The second-order valence-electron chi connectivity index (χ2n) is 6.68. The first-order chi connectivity index (χ1) is 9.73. The Labute approximate surface area is 127 Å². The maximum Gasteiger partial charge on any atom is 0.320 e. The first-order valence-electron chi connectivity index (χ1n) is 7.32. The van der Waals surface area contributed by atoms with Crippen LogP contribution < -0.4 is 10.1 Å². The van der Waals surface area contributed by atoms with Crippen LogP contribution >= 0.6 is 0 Å². The van der Waals surface area contributed by atoms with Crippen molar-refractivity contribution in [3.8, 4) is 5.75 Å². The van der Waals surface area contributed by atoms with Gasteiger partial charge < -0.3 is 15.2 Å². The fraction of sp³-hybridized carbons (Fsp3) is 0.588. The molecule has 1 rings (SSSR count). The lowest BCUT2D eigenvalue weighted by Crippen LogP contribution is -2.37. The number of ether oxygens (including phenoxy) is 1. The van der Waals surface area contributed by atoms with E-state index in [1.165, 1.54) is 0 Å². The van der Waals surface area contributed by atoms with E-state index in [-0.39, 0.29) is 5.41 Å². The van der Waals surface area contributed by atoms with Crippen molar-refractivity contribution in [2.24, 2.45) is 5.41 Å². The fourth-order valence-electron chi connectivity index (χ4n) is 2.11. The number of carbonyl (C=O) groups is 1. The van der Waals surface area contributed by atoms with Gasteiger partial charge in [-0.25, -0.2) is 0 Å². The summed E-state index contributed by atoms with van der Waals surface area (Å²) < 4.78 is 5.29. The van der Waals surface area contributed by atoms with E-state index in [4.69, 9.17) is 4.74 Å². The molecule has 1 aromatic rings. The van der Waals surface area contributed by atoms with Gasteiger partial charge in [-0.2, -0.15) is 0 Å². The molecule has 21 heavy (non-hydrogen) atoms. The number of methoxy groups -OCH3 is 1. The Bertz CT molecular complexity index is 477. The second-order valence-corrected chi connectivity index (χ2v) is 6.68. The Kier molecular flexibility index (Phi) is 6.21. The van der Waals surface area contributed by atoms with E-state index < -0.39 is 12.0 Å². The van der Waals surface area contributed by atoms with Crippen LogP contribution in [-0.4, -0.2) is 24.2 Å². The molecule has 1 aromatic carbocycles. The van der Waals surface area contributed by atoms with E-state index in [1.54, 1.807) is 7.11 Å². The summed E-state index contributed by atoms with van der Waals surface area (Å²) in [4.78, 5) is 11.3. The van der Waals surface area contributed by atoms with E-state index >= 15 is 0 Å². The molecular formula is C17H27NO3. The van der Waals surface area contributed by atoms with Crippen LogP contribution in [0.5, 0.6) is 5.75 Å². The molecule has 1 unspecified atom stereocenters. The van der Waals surface area contributed by atoms with Gasteiger partial charge in [-0.05, 0) is 42.4 Å². The summed E-state index contributed by atoms with van der Waals surface area (Å²) >= 11 is 0. The molecule has 0 saturated carbocycles. The van der Waals surface area contributed by atoms with Gasteiger partial charge in [0.2, 0.25) is 0 Å². The van der Waals surface area contributed by atoms with Crippen LogP contribution in [0.2, 0.25) is 0 Å². The molecule has 0 aliphatic rings. The van der Waals surface area contributed by atoms with Gasteiger partial charge in [0.15, 0.2) is 0 Å². The number of carboxylic acids is 1. The minimum absolute atomic E-state index is 0.141. The second kappa shape index (κ2) is 7.46. The summed E-state index contributed by atoms with van der Waals surface area (Å²) in [5.74, 6) is 0.0363. The molecule has 4 heteroatoms. The number of aliphatic carboxylic acids is 1. The molecule has 0 bridgehead atoms. The van der Waals surface area contributed by atoms with Crippen molar-refractivity contribution in [2.75, 3.05) is 7.11 Å². The maximum atomic E-state index is 11.3. The van der Waals surface area contributed by atoms with Crippen LogP contribution in [0, 0.1) is 12.3 Å². The topological polar surface area (TPSA) is 58.6 Å². The van der Waals surface area contributed by atoms with E-state index in [0.29, 0.717) is 13.0 Å². The zero-order chi connectivity index (χ0) is 16.0. The summed E-state index contributed by atoms with van der Waals surface area (Å²) in [7, 11) is 1.64. The Morgan fingerprint density at radius 1 is 1.38 bits per heavy atom. The van der Waals surface area contributed by atoms with Crippen molar-refractivity contribution in [2.45, 2.75) is 53.1 Å². The molecule has 4 nitrogen and oxygen atoms in total. The molecule has 0 fully saturated rings. The normalized spacial score (nSPS) is 13.0. The van der Waals surface area contributed by atoms with Gasteiger partial charge in [0.05, 0.1) is 7.11 Å². The lowest BCUT2D eigenvalue weighted by molar-refractivity contribution is -0.139. The number of carboxylic acid groups (broad SMARTS) is 1. The minimum Gasteiger partial charge on any atom is -0.496 e. The van der Waals surface area contributed by atoms with Gasteiger partial charge in [0.25, 0.3) is 0 Å². The van der Waals surface area contributed by atoms with Gasteiger partial charge in [-0.15, -0.1) is 0 Å². The average Bonchev–Trinajstić information content (AvgIpc) is 2.38. The third kappa shape index (κ3) is 6.17. The van der Waals surface area contributed by atoms with Gasteiger partial charge in [0.1, 0.15) is 11.8 Å². The van der Waals surface area contributed by atoms with Crippen LogP contribution in [0.3, 0.4) is 0 Å². The van der Waals surface area contributed by atoms with E-state index in [2.05, 4.69) is 26.1 Å². The summed E-state index contributed by atoms with van der Waals surface area (Å²) in [6, 6.07) is 5.41. The Morgan fingerprint density at radius 2 is 2.05 bits per heavy atom. The molecule has 0 aliphatic carbocycles. The first kappa shape index (κ1) is 17.5. The van der Waals surface area contributed by atoms with Crippen molar-refractivity contribution in [3.63, 3.8) is 0 Å². The Morgan fingerprint density at radius 3 is 2.57 bits per heavy atom. The van der Waals surface area contributed by atoms with Gasteiger partial charge in [-0.3, -0.25) is 4.79 Å². The molecule has 0 heterocycles. The van der Waals surface area contributed by atoms with Gasteiger partial charge >= 0.3 is 5.97 Å². The number of aryl methyl sites for hydroxylation is 1. The summed E-state index contributed by atoms with van der Waals surface area (Å²) in [6.45, 7) is 8.88.